The number of hydrogen-bond acceptors (Lipinski definition) is 2. The Morgan fingerprint density at radius 3 is 2.31 bits per heavy atom. The van der Waals surface area contributed by atoms with Crippen LogP contribution in [0.25, 0.3) is 0 Å². The average Bonchev–Trinajstić information content (AvgIpc) is 2.82. The Balaban J connectivity index is 2.12. The normalized spacial score (nSPS) is 26.5. The van der Waals surface area contributed by atoms with E-state index in [9.17, 15) is 0 Å². The minimum absolute atomic E-state index is 0.503. The Morgan fingerprint density at radius 2 is 1.88 bits per heavy atom. The first-order valence-corrected chi connectivity index (χ1v) is 7.22. The molecule has 2 unspecified atom stereocenters. The molecule has 16 heavy (non-hydrogen) atoms. The van der Waals surface area contributed by atoms with Crippen molar-refractivity contribution in [1.29, 1.82) is 0 Å². The van der Waals surface area contributed by atoms with E-state index < -0.39 is 0 Å². The molecule has 1 aliphatic rings. The second-order valence-electron chi connectivity index (χ2n) is 5.24. The van der Waals surface area contributed by atoms with Gasteiger partial charge in [0.25, 0.3) is 0 Å². The van der Waals surface area contributed by atoms with Crippen molar-refractivity contribution in [3.05, 3.63) is 29.8 Å². The van der Waals surface area contributed by atoms with Crippen molar-refractivity contribution in [1.82, 2.24) is 0 Å². The van der Waals surface area contributed by atoms with Crippen LogP contribution in [-0.4, -0.2) is 6.26 Å². The first kappa shape index (κ1) is 11.8. The third-order valence-electron chi connectivity index (χ3n) is 3.98. The number of anilines is 1. The molecule has 1 fully saturated rings. The fourth-order valence-corrected chi connectivity index (χ4v) is 3.42. The smallest absolute Gasteiger partial charge is 0.0440 e. The monoisotopic (exact) mass is 235 g/mol. The third kappa shape index (κ3) is 1.95. The van der Waals surface area contributed by atoms with Gasteiger partial charge < -0.3 is 4.72 Å². The summed E-state index contributed by atoms with van der Waals surface area (Å²) in [5.41, 5.74) is 3.20. The molecule has 0 aromatic heterocycles. The molecule has 1 nitrogen and oxygen atoms in total. The Hall–Kier alpha value is -0.630. The van der Waals surface area contributed by atoms with Crippen molar-refractivity contribution in [2.45, 2.75) is 33.1 Å². The highest BCUT2D eigenvalue weighted by molar-refractivity contribution is 7.99. The van der Waals surface area contributed by atoms with E-state index in [4.69, 9.17) is 0 Å². The van der Waals surface area contributed by atoms with Gasteiger partial charge in [0.2, 0.25) is 0 Å². The van der Waals surface area contributed by atoms with Crippen molar-refractivity contribution >= 4 is 17.6 Å². The van der Waals surface area contributed by atoms with E-state index in [-0.39, 0.29) is 0 Å². The molecule has 1 aromatic rings. The molecular formula is C14H21NS. The summed E-state index contributed by atoms with van der Waals surface area (Å²) in [6.07, 6.45) is 3.34. The van der Waals surface area contributed by atoms with Crippen LogP contribution in [0.1, 0.15) is 38.7 Å². The molecule has 0 bridgehead atoms. The predicted octanol–water partition coefficient (Wildman–Crippen LogP) is 4.53. The van der Waals surface area contributed by atoms with Crippen molar-refractivity contribution in [3.63, 3.8) is 0 Å². The summed E-state index contributed by atoms with van der Waals surface area (Å²) in [6, 6.07) is 8.93. The number of rotatable bonds is 4. The van der Waals surface area contributed by atoms with Gasteiger partial charge in [0.05, 0.1) is 0 Å². The summed E-state index contributed by atoms with van der Waals surface area (Å²) in [6.45, 7) is 7.08. The molecule has 0 amide bonds. The maximum Gasteiger partial charge on any atom is 0.0440 e. The zero-order valence-corrected chi connectivity index (χ0v) is 11.4. The fraction of sp³-hybridized carbons (Fsp3) is 0.571. The van der Waals surface area contributed by atoms with E-state index in [2.05, 4.69) is 49.8 Å². The first-order valence-electron chi connectivity index (χ1n) is 6.00. The van der Waals surface area contributed by atoms with Gasteiger partial charge in [-0.2, -0.15) is 0 Å². The Bertz CT molecular complexity index is 356. The second-order valence-corrected chi connectivity index (χ2v) is 5.85. The lowest BCUT2D eigenvalue weighted by molar-refractivity contribution is 0.545. The van der Waals surface area contributed by atoms with Crippen molar-refractivity contribution in [3.8, 4) is 0 Å². The van der Waals surface area contributed by atoms with E-state index in [0.717, 1.165) is 11.8 Å². The highest BCUT2D eigenvalue weighted by atomic mass is 32.2. The Kier molecular flexibility index (Phi) is 3.20. The van der Waals surface area contributed by atoms with Crippen molar-refractivity contribution < 1.29 is 0 Å². The van der Waals surface area contributed by atoms with E-state index in [1.54, 1.807) is 11.9 Å². The Morgan fingerprint density at radius 1 is 1.25 bits per heavy atom. The minimum atomic E-state index is 0.503. The van der Waals surface area contributed by atoms with Crippen LogP contribution in [0.15, 0.2) is 24.3 Å². The standard InChI is InChI=1S/C14H21NS/c1-5-12-13(14(12,2)3)10-6-8-11(9-7-10)15-16-4/h6-9,12-13,15H,5H2,1-4H3. The highest BCUT2D eigenvalue weighted by Gasteiger charge is 2.56. The van der Waals surface area contributed by atoms with Gasteiger partial charge in [-0.1, -0.05) is 51.3 Å². The van der Waals surface area contributed by atoms with Crippen LogP contribution in [-0.2, 0) is 0 Å². The molecule has 0 aliphatic heterocycles. The molecule has 0 spiro atoms. The topological polar surface area (TPSA) is 12.0 Å². The van der Waals surface area contributed by atoms with E-state index in [0.29, 0.717) is 5.41 Å². The SMILES string of the molecule is CCC1C(c2ccc(NSC)cc2)C1(C)C. The number of hydrogen-bond donors (Lipinski definition) is 1. The predicted molar refractivity (Wildman–Crippen MR) is 73.9 cm³/mol. The second kappa shape index (κ2) is 4.33. The van der Waals surface area contributed by atoms with Crippen LogP contribution in [0.4, 0.5) is 5.69 Å². The van der Waals surface area contributed by atoms with Gasteiger partial charge in [0.1, 0.15) is 0 Å². The molecule has 1 N–H and O–H groups in total. The van der Waals surface area contributed by atoms with E-state index >= 15 is 0 Å². The van der Waals surface area contributed by atoms with Crippen LogP contribution in [0.3, 0.4) is 0 Å². The molecule has 1 aromatic carbocycles. The lowest BCUT2D eigenvalue weighted by Gasteiger charge is -2.05. The van der Waals surface area contributed by atoms with Gasteiger partial charge in [-0.15, -0.1) is 0 Å². The first-order chi connectivity index (χ1) is 7.61. The highest BCUT2D eigenvalue weighted by Crippen LogP contribution is 2.65. The molecule has 1 saturated carbocycles. The molecule has 2 heteroatoms. The van der Waals surface area contributed by atoms with Gasteiger partial charge in [-0.05, 0) is 34.9 Å². The third-order valence-corrected chi connectivity index (χ3v) is 4.42. The maximum atomic E-state index is 3.26. The zero-order chi connectivity index (χ0) is 11.8. The quantitative estimate of drug-likeness (QED) is 0.770. The molecule has 2 rings (SSSR count). The summed E-state index contributed by atoms with van der Waals surface area (Å²) in [5.74, 6) is 1.63. The lowest BCUT2D eigenvalue weighted by Crippen LogP contribution is -1.91. The Labute approximate surface area is 103 Å². The molecule has 0 heterocycles. The van der Waals surface area contributed by atoms with Gasteiger partial charge in [0.15, 0.2) is 0 Å². The molecule has 0 radical (unpaired) electrons. The summed E-state index contributed by atoms with van der Waals surface area (Å²) < 4.78 is 3.26. The lowest BCUT2D eigenvalue weighted by atomic mass is 10.0. The van der Waals surface area contributed by atoms with Gasteiger partial charge in [-0.25, -0.2) is 0 Å². The summed E-state index contributed by atoms with van der Waals surface area (Å²) in [5, 5.41) is 0. The zero-order valence-electron chi connectivity index (χ0n) is 10.6. The van der Waals surface area contributed by atoms with Gasteiger partial charge in [0, 0.05) is 11.9 Å². The fourth-order valence-electron chi connectivity index (χ4n) is 3.04. The summed E-state index contributed by atoms with van der Waals surface area (Å²) in [4.78, 5) is 0. The van der Waals surface area contributed by atoms with Crippen LogP contribution in [0, 0.1) is 11.3 Å². The molecule has 1 aliphatic carbocycles. The number of benzene rings is 1. The van der Waals surface area contributed by atoms with Gasteiger partial charge in [-0.3, -0.25) is 0 Å². The van der Waals surface area contributed by atoms with Crippen LogP contribution in [0.5, 0.6) is 0 Å². The summed E-state index contributed by atoms with van der Waals surface area (Å²) >= 11 is 1.64. The van der Waals surface area contributed by atoms with Gasteiger partial charge >= 0.3 is 0 Å². The molecule has 2 atom stereocenters. The average molecular weight is 235 g/mol. The molecule has 88 valence electrons. The van der Waals surface area contributed by atoms with Crippen LogP contribution < -0.4 is 4.72 Å². The van der Waals surface area contributed by atoms with Crippen LogP contribution in [0.2, 0.25) is 0 Å². The van der Waals surface area contributed by atoms with Crippen molar-refractivity contribution in [2.24, 2.45) is 11.3 Å². The largest absolute Gasteiger partial charge is 0.330 e. The van der Waals surface area contributed by atoms with E-state index in [1.165, 1.54) is 17.7 Å². The molecule has 0 saturated heterocycles. The van der Waals surface area contributed by atoms with E-state index in [1.807, 2.05) is 6.26 Å². The van der Waals surface area contributed by atoms with Crippen molar-refractivity contribution in [2.75, 3.05) is 11.0 Å². The molecular weight excluding hydrogens is 214 g/mol. The van der Waals surface area contributed by atoms with Crippen LogP contribution >= 0.6 is 11.9 Å². The maximum absolute atomic E-state index is 3.26. The number of nitrogens with one attached hydrogen (secondary N) is 1. The summed E-state index contributed by atoms with van der Waals surface area (Å²) in [7, 11) is 0. The minimum Gasteiger partial charge on any atom is -0.330 e.